The van der Waals surface area contributed by atoms with E-state index >= 15 is 0 Å². The molecule has 2 aliphatic rings. The molecular weight excluding hydrogens is 194 g/mol. The third-order valence-electron chi connectivity index (χ3n) is 2.26. The summed E-state index contributed by atoms with van der Waals surface area (Å²) >= 11 is 0. The van der Waals surface area contributed by atoms with Crippen molar-refractivity contribution in [2.45, 2.75) is 25.9 Å². The van der Waals surface area contributed by atoms with E-state index in [9.17, 15) is 0 Å². The first-order valence-corrected chi connectivity index (χ1v) is 5.01. The number of ether oxygens (including phenoxy) is 2. The molecule has 2 heterocycles. The Morgan fingerprint density at radius 3 is 1.93 bits per heavy atom. The summed E-state index contributed by atoms with van der Waals surface area (Å²) in [5.41, 5.74) is 0. The first-order valence-electron chi connectivity index (χ1n) is 5.01. The minimum atomic E-state index is -0.570. The van der Waals surface area contributed by atoms with Crippen LogP contribution in [0.15, 0.2) is 9.98 Å². The lowest BCUT2D eigenvalue weighted by molar-refractivity contribution is 0.295. The molecule has 0 aliphatic carbocycles. The highest BCUT2D eigenvalue weighted by Crippen LogP contribution is 2.17. The van der Waals surface area contributed by atoms with Crippen LogP contribution in [0.25, 0.3) is 0 Å². The van der Waals surface area contributed by atoms with Crippen molar-refractivity contribution < 1.29 is 9.47 Å². The second-order valence-electron chi connectivity index (χ2n) is 3.82. The number of aliphatic imine (C=N–C) groups is 2. The van der Waals surface area contributed by atoms with Crippen molar-refractivity contribution in [2.24, 2.45) is 15.9 Å². The molecule has 0 aromatic carbocycles. The van der Waals surface area contributed by atoms with Crippen LogP contribution in [-0.4, -0.2) is 37.1 Å². The zero-order valence-corrected chi connectivity index (χ0v) is 8.80. The van der Waals surface area contributed by atoms with Crippen LogP contribution in [0.1, 0.15) is 13.8 Å². The average Bonchev–Trinajstić information content (AvgIpc) is 2.78. The van der Waals surface area contributed by atoms with Gasteiger partial charge in [-0.05, 0) is 13.8 Å². The van der Waals surface area contributed by atoms with Gasteiger partial charge in [0.15, 0.2) is 5.92 Å². The Morgan fingerprint density at radius 1 is 1.20 bits per heavy atom. The lowest BCUT2D eigenvalue weighted by atomic mass is 10.1. The molecule has 0 unspecified atom stereocenters. The minimum Gasteiger partial charge on any atom is -0.477 e. The monoisotopic (exact) mass is 207 g/mol. The molecule has 2 aliphatic heterocycles. The van der Waals surface area contributed by atoms with Crippen LogP contribution >= 0.6 is 0 Å². The van der Waals surface area contributed by atoms with E-state index in [1.165, 1.54) is 0 Å². The molecule has 0 fully saturated rings. The normalized spacial score (nSPS) is 29.2. The Balaban J connectivity index is 2.15. The van der Waals surface area contributed by atoms with Gasteiger partial charge in [-0.2, -0.15) is 5.26 Å². The summed E-state index contributed by atoms with van der Waals surface area (Å²) in [6.45, 7) is 4.97. The van der Waals surface area contributed by atoms with Crippen LogP contribution < -0.4 is 0 Å². The maximum Gasteiger partial charge on any atom is 0.211 e. The predicted octanol–water partition coefficient (Wildman–Crippen LogP) is 0.761. The zero-order valence-electron chi connectivity index (χ0n) is 8.80. The van der Waals surface area contributed by atoms with Crippen LogP contribution in [-0.2, 0) is 9.47 Å². The van der Waals surface area contributed by atoms with Crippen molar-refractivity contribution in [1.29, 1.82) is 5.26 Å². The summed E-state index contributed by atoms with van der Waals surface area (Å²) in [7, 11) is 0. The van der Waals surface area contributed by atoms with Crippen molar-refractivity contribution in [3.8, 4) is 6.07 Å². The van der Waals surface area contributed by atoms with Gasteiger partial charge in [-0.1, -0.05) is 0 Å². The average molecular weight is 207 g/mol. The highest BCUT2D eigenvalue weighted by Gasteiger charge is 2.32. The molecule has 2 atom stereocenters. The van der Waals surface area contributed by atoms with Crippen LogP contribution in [0.5, 0.6) is 0 Å². The summed E-state index contributed by atoms with van der Waals surface area (Å²) in [5.74, 6) is 0.315. The summed E-state index contributed by atoms with van der Waals surface area (Å²) in [5, 5.41) is 9.05. The van der Waals surface area contributed by atoms with E-state index in [1.54, 1.807) is 0 Å². The molecule has 0 bridgehead atoms. The first kappa shape index (κ1) is 9.97. The molecule has 0 amide bonds. The van der Waals surface area contributed by atoms with Gasteiger partial charge in [-0.25, -0.2) is 9.98 Å². The van der Waals surface area contributed by atoms with Gasteiger partial charge in [0, 0.05) is 0 Å². The number of nitrogens with zero attached hydrogens (tertiary/aromatic N) is 3. The molecule has 5 heteroatoms. The van der Waals surface area contributed by atoms with Crippen molar-refractivity contribution in [3.05, 3.63) is 0 Å². The zero-order chi connectivity index (χ0) is 10.8. The topological polar surface area (TPSA) is 67.0 Å². The molecular formula is C10H13N3O2. The van der Waals surface area contributed by atoms with E-state index in [4.69, 9.17) is 14.7 Å². The Bertz CT molecular complexity index is 328. The van der Waals surface area contributed by atoms with Gasteiger partial charge in [-0.15, -0.1) is 0 Å². The smallest absolute Gasteiger partial charge is 0.211 e. The summed E-state index contributed by atoms with van der Waals surface area (Å²) in [4.78, 5) is 8.48. The highest BCUT2D eigenvalue weighted by molar-refractivity contribution is 6.04. The van der Waals surface area contributed by atoms with Crippen LogP contribution in [0.3, 0.4) is 0 Å². The van der Waals surface area contributed by atoms with Gasteiger partial charge < -0.3 is 9.47 Å². The minimum absolute atomic E-state index is 0.121. The third-order valence-corrected chi connectivity index (χ3v) is 2.26. The summed E-state index contributed by atoms with van der Waals surface area (Å²) in [6.07, 6.45) is 0. The van der Waals surface area contributed by atoms with Crippen molar-refractivity contribution in [1.82, 2.24) is 0 Å². The van der Waals surface area contributed by atoms with E-state index in [-0.39, 0.29) is 12.1 Å². The van der Waals surface area contributed by atoms with Gasteiger partial charge >= 0.3 is 0 Å². The maximum absolute atomic E-state index is 9.05. The Hall–Kier alpha value is -1.57. The van der Waals surface area contributed by atoms with Gasteiger partial charge in [-0.3, -0.25) is 0 Å². The second-order valence-corrected chi connectivity index (χ2v) is 3.82. The van der Waals surface area contributed by atoms with E-state index in [1.807, 2.05) is 13.8 Å². The van der Waals surface area contributed by atoms with Crippen LogP contribution in [0.4, 0.5) is 0 Å². The summed E-state index contributed by atoms with van der Waals surface area (Å²) < 4.78 is 10.7. The SMILES string of the molecule is C[C@@H]1COC(C(C#N)C2=N[C@H](C)CO2)=N1. The fourth-order valence-electron chi connectivity index (χ4n) is 1.53. The quantitative estimate of drug-likeness (QED) is 0.671. The van der Waals surface area contributed by atoms with Gasteiger partial charge in [0.1, 0.15) is 13.2 Å². The molecule has 0 spiro atoms. The number of rotatable bonds is 2. The highest BCUT2D eigenvalue weighted by atomic mass is 16.5. The largest absolute Gasteiger partial charge is 0.477 e. The Morgan fingerprint density at radius 2 is 1.67 bits per heavy atom. The molecule has 2 rings (SSSR count). The molecule has 5 nitrogen and oxygen atoms in total. The maximum atomic E-state index is 9.05. The van der Waals surface area contributed by atoms with Gasteiger partial charge in [0.2, 0.25) is 11.8 Å². The lowest BCUT2D eigenvalue weighted by Crippen LogP contribution is -2.23. The molecule has 0 saturated heterocycles. The Labute approximate surface area is 88.4 Å². The first-order chi connectivity index (χ1) is 7.20. The number of hydrogen-bond acceptors (Lipinski definition) is 5. The van der Waals surface area contributed by atoms with Crippen molar-refractivity contribution in [3.63, 3.8) is 0 Å². The van der Waals surface area contributed by atoms with Gasteiger partial charge in [0.05, 0.1) is 18.2 Å². The second kappa shape index (κ2) is 3.89. The Kier molecular flexibility index (Phi) is 2.58. The molecule has 15 heavy (non-hydrogen) atoms. The third kappa shape index (κ3) is 1.94. The van der Waals surface area contributed by atoms with Crippen molar-refractivity contribution in [2.75, 3.05) is 13.2 Å². The van der Waals surface area contributed by atoms with E-state index < -0.39 is 5.92 Å². The lowest BCUT2D eigenvalue weighted by Gasteiger charge is -2.07. The molecule has 0 aromatic heterocycles. The standard InChI is InChI=1S/C10H13N3O2/c1-6-4-14-9(12-6)8(3-11)10-13-7(2)5-15-10/h6-8H,4-5H2,1-2H3/t6-,7-/m1/s1. The van der Waals surface area contributed by atoms with Crippen LogP contribution in [0.2, 0.25) is 0 Å². The van der Waals surface area contributed by atoms with E-state index in [2.05, 4.69) is 16.1 Å². The van der Waals surface area contributed by atoms with Gasteiger partial charge in [0.25, 0.3) is 0 Å². The number of hydrogen-bond donors (Lipinski definition) is 0. The van der Waals surface area contributed by atoms with E-state index in [0.29, 0.717) is 25.0 Å². The van der Waals surface area contributed by atoms with Crippen LogP contribution in [0, 0.1) is 17.2 Å². The molecule has 0 N–H and O–H groups in total. The van der Waals surface area contributed by atoms with Crippen molar-refractivity contribution >= 4 is 11.8 Å². The molecule has 80 valence electrons. The fraction of sp³-hybridized carbons (Fsp3) is 0.700. The molecule has 0 aromatic rings. The predicted molar refractivity (Wildman–Crippen MR) is 54.8 cm³/mol. The van der Waals surface area contributed by atoms with E-state index in [0.717, 1.165) is 0 Å². The summed E-state index contributed by atoms with van der Waals surface area (Å²) in [6, 6.07) is 2.36. The number of nitriles is 1. The molecule has 0 saturated carbocycles. The molecule has 0 radical (unpaired) electrons. The fourth-order valence-corrected chi connectivity index (χ4v) is 1.53.